The first-order valence-electron chi connectivity index (χ1n) is 4.55. The number of hydrogen-bond acceptors (Lipinski definition) is 2. The molecular formula is C10H12ClN3. The summed E-state index contributed by atoms with van der Waals surface area (Å²) in [6.45, 7) is 3.24. The Morgan fingerprint density at radius 3 is 2.93 bits per heavy atom. The molecule has 2 N–H and O–H groups in total. The number of fused-ring (bicyclic) bond motifs is 1. The molecule has 0 bridgehead atoms. The molecule has 0 fully saturated rings. The number of hydrogen-bond donors (Lipinski definition) is 1. The summed E-state index contributed by atoms with van der Waals surface area (Å²) in [5, 5.41) is 6.08. The zero-order valence-corrected chi connectivity index (χ0v) is 8.75. The van der Waals surface area contributed by atoms with Crippen LogP contribution >= 0.6 is 11.6 Å². The van der Waals surface area contributed by atoms with Crippen LogP contribution in [0.5, 0.6) is 0 Å². The molecule has 1 aromatic carbocycles. The molecular weight excluding hydrogens is 198 g/mol. The van der Waals surface area contributed by atoms with Gasteiger partial charge in [0.1, 0.15) is 5.15 Å². The molecule has 1 heterocycles. The maximum Gasteiger partial charge on any atom is 0.135 e. The Balaban J connectivity index is 2.68. The molecule has 1 aromatic heterocycles. The fourth-order valence-corrected chi connectivity index (χ4v) is 1.95. The van der Waals surface area contributed by atoms with Gasteiger partial charge in [0.05, 0.1) is 12.1 Å². The first kappa shape index (κ1) is 9.49. The van der Waals surface area contributed by atoms with Crippen LogP contribution < -0.4 is 5.73 Å². The van der Waals surface area contributed by atoms with Crippen LogP contribution in [-0.4, -0.2) is 16.3 Å². The Morgan fingerprint density at radius 2 is 2.29 bits per heavy atom. The molecule has 0 aliphatic rings. The van der Waals surface area contributed by atoms with E-state index in [0.717, 1.165) is 16.5 Å². The van der Waals surface area contributed by atoms with Gasteiger partial charge in [-0.3, -0.25) is 4.68 Å². The fourth-order valence-electron chi connectivity index (χ4n) is 1.58. The summed E-state index contributed by atoms with van der Waals surface area (Å²) in [5.41, 5.74) is 7.55. The van der Waals surface area contributed by atoms with Crippen LogP contribution in [0.4, 0.5) is 0 Å². The average Bonchev–Trinajstić information content (AvgIpc) is 2.46. The van der Waals surface area contributed by atoms with Crippen molar-refractivity contribution in [3.63, 3.8) is 0 Å². The Bertz CT molecular complexity index is 462. The summed E-state index contributed by atoms with van der Waals surface area (Å²) in [4.78, 5) is 0. The number of aromatic nitrogens is 2. The molecule has 0 unspecified atom stereocenters. The van der Waals surface area contributed by atoms with E-state index in [9.17, 15) is 0 Å². The maximum atomic E-state index is 6.19. The van der Waals surface area contributed by atoms with Gasteiger partial charge in [-0.25, -0.2) is 0 Å². The summed E-state index contributed by atoms with van der Waals surface area (Å²) in [6, 6.07) is 5.97. The second kappa shape index (κ2) is 3.59. The highest BCUT2D eigenvalue weighted by atomic mass is 35.5. The van der Waals surface area contributed by atoms with Crippen molar-refractivity contribution >= 4 is 22.5 Å². The van der Waals surface area contributed by atoms with Gasteiger partial charge in [-0.05, 0) is 18.6 Å². The highest BCUT2D eigenvalue weighted by Crippen LogP contribution is 2.25. The number of rotatable bonds is 2. The van der Waals surface area contributed by atoms with Crippen LogP contribution in [0.2, 0.25) is 5.15 Å². The van der Waals surface area contributed by atoms with Crippen molar-refractivity contribution in [3.05, 3.63) is 28.9 Å². The maximum absolute atomic E-state index is 6.19. The van der Waals surface area contributed by atoms with E-state index < -0.39 is 0 Å². The van der Waals surface area contributed by atoms with E-state index in [2.05, 4.69) is 5.10 Å². The van der Waals surface area contributed by atoms with Crippen LogP contribution in [0.1, 0.15) is 5.56 Å². The predicted octanol–water partition coefficient (Wildman–Crippen LogP) is 1.96. The standard InChI is InChI=1S/C10H12ClN3/c1-7-3-2-4-8-9(7)10(11)14(13-8)6-5-12/h2-4H,5-6,12H2,1H3. The Kier molecular flexibility index (Phi) is 2.44. The molecule has 0 aliphatic heterocycles. The van der Waals surface area contributed by atoms with E-state index in [4.69, 9.17) is 17.3 Å². The van der Waals surface area contributed by atoms with Crippen LogP contribution in [0.3, 0.4) is 0 Å². The SMILES string of the molecule is Cc1cccc2nn(CCN)c(Cl)c12. The number of nitrogens with two attached hydrogens (primary N) is 1. The molecule has 0 radical (unpaired) electrons. The molecule has 0 atom stereocenters. The zero-order chi connectivity index (χ0) is 10.1. The highest BCUT2D eigenvalue weighted by molar-refractivity contribution is 6.34. The van der Waals surface area contributed by atoms with Crippen molar-refractivity contribution in [1.29, 1.82) is 0 Å². The number of benzene rings is 1. The van der Waals surface area contributed by atoms with Crippen LogP contribution in [0.15, 0.2) is 18.2 Å². The second-order valence-electron chi connectivity index (χ2n) is 3.27. The minimum Gasteiger partial charge on any atom is -0.329 e. The van der Waals surface area contributed by atoms with E-state index in [-0.39, 0.29) is 0 Å². The average molecular weight is 210 g/mol. The number of nitrogens with zero attached hydrogens (tertiary/aromatic N) is 2. The van der Waals surface area contributed by atoms with Crippen LogP contribution in [-0.2, 0) is 6.54 Å². The van der Waals surface area contributed by atoms with Gasteiger partial charge in [-0.2, -0.15) is 5.10 Å². The quantitative estimate of drug-likeness (QED) is 0.822. The van der Waals surface area contributed by atoms with Crippen molar-refractivity contribution in [3.8, 4) is 0 Å². The van der Waals surface area contributed by atoms with E-state index in [0.29, 0.717) is 18.2 Å². The third-order valence-corrected chi connectivity index (χ3v) is 2.64. The van der Waals surface area contributed by atoms with Crippen LogP contribution in [0, 0.1) is 6.92 Å². The molecule has 0 saturated heterocycles. The number of aryl methyl sites for hydroxylation is 1. The molecule has 2 aromatic rings. The molecule has 14 heavy (non-hydrogen) atoms. The molecule has 0 aliphatic carbocycles. The van der Waals surface area contributed by atoms with Gasteiger partial charge in [-0.15, -0.1) is 0 Å². The highest BCUT2D eigenvalue weighted by Gasteiger charge is 2.09. The van der Waals surface area contributed by atoms with E-state index in [1.165, 1.54) is 0 Å². The van der Waals surface area contributed by atoms with Crippen molar-refractivity contribution < 1.29 is 0 Å². The van der Waals surface area contributed by atoms with E-state index in [1.807, 2.05) is 25.1 Å². The van der Waals surface area contributed by atoms with Gasteiger partial charge >= 0.3 is 0 Å². The van der Waals surface area contributed by atoms with Crippen molar-refractivity contribution in [1.82, 2.24) is 9.78 Å². The molecule has 0 amide bonds. The van der Waals surface area contributed by atoms with E-state index in [1.54, 1.807) is 4.68 Å². The third-order valence-electron chi connectivity index (χ3n) is 2.25. The van der Waals surface area contributed by atoms with Gasteiger partial charge in [0.2, 0.25) is 0 Å². The van der Waals surface area contributed by atoms with Gasteiger partial charge in [0.15, 0.2) is 0 Å². The monoisotopic (exact) mass is 209 g/mol. The predicted molar refractivity (Wildman–Crippen MR) is 58.5 cm³/mol. The smallest absolute Gasteiger partial charge is 0.135 e. The molecule has 74 valence electrons. The lowest BCUT2D eigenvalue weighted by molar-refractivity contribution is 0.632. The molecule has 0 saturated carbocycles. The second-order valence-corrected chi connectivity index (χ2v) is 3.63. The minimum absolute atomic E-state index is 0.548. The summed E-state index contributed by atoms with van der Waals surface area (Å²) >= 11 is 6.19. The summed E-state index contributed by atoms with van der Waals surface area (Å²) in [7, 11) is 0. The molecule has 3 nitrogen and oxygen atoms in total. The molecule has 0 spiro atoms. The number of halogens is 1. The minimum atomic E-state index is 0.548. The first-order chi connectivity index (χ1) is 6.74. The van der Waals surface area contributed by atoms with Gasteiger partial charge in [0.25, 0.3) is 0 Å². The summed E-state index contributed by atoms with van der Waals surface area (Å²) in [5.74, 6) is 0. The summed E-state index contributed by atoms with van der Waals surface area (Å²) in [6.07, 6.45) is 0. The largest absolute Gasteiger partial charge is 0.329 e. The Labute approximate surface area is 87.5 Å². The van der Waals surface area contributed by atoms with Gasteiger partial charge < -0.3 is 5.73 Å². The lowest BCUT2D eigenvalue weighted by Crippen LogP contribution is -2.10. The first-order valence-corrected chi connectivity index (χ1v) is 4.93. The normalized spacial score (nSPS) is 11.1. The van der Waals surface area contributed by atoms with Crippen molar-refractivity contribution in [2.75, 3.05) is 6.54 Å². The fraction of sp³-hybridized carbons (Fsp3) is 0.300. The lowest BCUT2D eigenvalue weighted by atomic mass is 10.1. The topological polar surface area (TPSA) is 43.8 Å². The van der Waals surface area contributed by atoms with Gasteiger partial charge in [0, 0.05) is 11.9 Å². The lowest BCUT2D eigenvalue weighted by Gasteiger charge is -1.98. The Morgan fingerprint density at radius 1 is 1.50 bits per heavy atom. The summed E-state index contributed by atoms with van der Waals surface area (Å²) < 4.78 is 1.75. The Hall–Kier alpha value is -1.06. The molecule has 2 rings (SSSR count). The third kappa shape index (κ3) is 1.38. The van der Waals surface area contributed by atoms with Crippen LogP contribution in [0.25, 0.3) is 10.9 Å². The van der Waals surface area contributed by atoms with E-state index >= 15 is 0 Å². The van der Waals surface area contributed by atoms with Crippen molar-refractivity contribution in [2.24, 2.45) is 5.73 Å². The van der Waals surface area contributed by atoms with Crippen molar-refractivity contribution in [2.45, 2.75) is 13.5 Å². The van der Waals surface area contributed by atoms with Gasteiger partial charge in [-0.1, -0.05) is 23.7 Å². The zero-order valence-electron chi connectivity index (χ0n) is 8.00. The molecule has 4 heteroatoms.